The molecule has 0 atom stereocenters. The Hall–Kier alpha value is -1.38. The average Bonchev–Trinajstić information content (AvgIpc) is 2.16. The van der Waals surface area contributed by atoms with Gasteiger partial charge in [-0.15, -0.1) is 0 Å². The number of phenolic OH excluding ortho intramolecular Hbond substituents is 1. The van der Waals surface area contributed by atoms with Crippen molar-refractivity contribution in [1.82, 2.24) is 0 Å². The highest BCUT2D eigenvalue weighted by atomic mass is 16.3. The first-order valence-electron chi connectivity index (χ1n) is 5.02. The topological polar surface area (TPSA) is 35.5 Å². The Kier molecular flexibility index (Phi) is 2.23. The summed E-state index contributed by atoms with van der Waals surface area (Å²) in [5.41, 5.74) is 2.22. The standard InChI is InChI=1S/C11H16N2O/c1-8(2)13-6-5-12-10-4-3-9(14)7-11(10)13/h3-4,7-8,12,14H,5-6H2,1-2H3. The van der Waals surface area contributed by atoms with Gasteiger partial charge in [-0.2, -0.15) is 0 Å². The van der Waals surface area contributed by atoms with Crippen molar-refractivity contribution >= 4 is 11.4 Å². The SMILES string of the molecule is CC(C)N1CCNc2ccc(O)cc21. The first kappa shape index (κ1) is 9.19. The fourth-order valence-corrected chi connectivity index (χ4v) is 1.87. The van der Waals surface area contributed by atoms with Crippen LogP contribution in [-0.4, -0.2) is 24.2 Å². The molecule has 2 rings (SSSR count). The first-order valence-corrected chi connectivity index (χ1v) is 5.02. The highest BCUT2D eigenvalue weighted by molar-refractivity contribution is 5.74. The van der Waals surface area contributed by atoms with E-state index < -0.39 is 0 Å². The molecule has 14 heavy (non-hydrogen) atoms. The normalized spacial score (nSPS) is 15.2. The molecule has 0 saturated heterocycles. The van der Waals surface area contributed by atoms with Gasteiger partial charge in [-0.3, -0.25) is 0 Å². The number of hydrogen-bond donors (Lipinski definition) is 2. The highest BCUT2D eigenvalue weighted by Gasteiger charge is 2.18. The number of rotatable bonds is 1. The molecule has 0 unspecified atom stereocenters. The van der Waals surface area contributed by atoms with Gasteiger partial charge >= 0.3 is 0 Å². The summed E-state index contributed by atoms with van der Waals surface area (Å²) < 4.78 is 0. The van der Waals surface area contributed by atoms with Gasteiger partial charge in [0.15, 0.2) is 0 Å². The molecule has 0 fully saturated rings. The van der Waals surface area contributed by atoms with Gasteiger partial charge in [-0.25, -0.2) is 0 Å². The number of nitrogens with zero attached hydrogens (tertiary/aromatic N) is 1. The van der Waals surface area contributed by atoms with Crippen molar-refractivity contribution in [2.75, 3.05) is 23.3 Å². The Balaban J connectivity index is 2.41. The predicted octanol–water partition coefficient (Wildman–Crippen LogP) is 2.03. The van der Waals surface area contributed by atoms with E-state index in [1.165, 1.54) is 0 Å². The maximum Gasteiger partial charge on any atom is 0.117 e. The van der Waals surface area contributed by atoms with E-state index in [1.54, 1.807) is 6.07 Å². The molecule has 1 aliphatic heterocycles. The van der Waals surface area contributed by atoms with Crippen LogP contribution in [0, 0.1) is 0 Å². The summed E-state index contributed by atoms with van der Waals surface area (Å²) in [4.78, 5) is 2.30. The summed E-state index contributed by atoms with van der Waals surface area (Å²) >= 11 is 0. The van der Waals surface area contributed by atoms with Crippen LogP contribution < -0.4 is 10.2 Å². The van der Waals surface area contributed by atoms with Crippen molar-refractivity contribution in [3.05, 3.63) is 18.2 Å². The molecule has 1 aromatic carbocycles. The minimum absolute atomic E-state index is 0.332. The lowest BCUT2D eigenvalue weighted by Gasteiger charge is -2.35. The van der Waals surface area contributed by atoms with E-state index in [1.807, 2.05) is 12.1 Å². The van der Waals surface area contributed by atoms with Gasteiger partial charge in [0.2, 0.25) is 0 Å². The van der Waals surface area contributed by atoms with Crippen LogP contribution in [0.2, 0.25) is 0 Å². The van der Waals surface area contributed by atoms with E-state index in [4.69, 9.17) is 0 Å². The van der Waals surface area contributed by atoms with Gasteiger partial charge in [-0.1, -0.05) is 0 Å². The van der Waals surface area contributed by atoms with Crippen LogP contribution in [-0.2, 0) is 0 Å². The third-order valence-corrected chi connectivity index (χ3v) is 2.58. The van der Waals surface area contributed by atoms with Crippen LogP contribution in [0.4, 0.5) is 11.4 Å². The lowest BCUT2D eigenvalue weighted by Crippen LogP contribution is -2.38. The molecule has 0 saturated carbocycles. The van der Waals surface area contributed by atoms with Crippen molar-refractivity contribution in [3.8, 4) is 5.75 Å². The molecule has 1 heterocycles. The Labute approximate surface area is 84.4 Å². The Morgan fingerprint density at radius 2 is 2.21 bits per heavy atom. The summed E-state index contributed by atoms with van der Waals surface area (Å²) in [6.07, 6.45) is 0. The Morgan fingerprint density at radius 3 is 2.93 bits per heavy atom. The molecular weight excluding hydrogens is 176 g/mol. The van der Waals surface area contributed by atoms with Crippen LogP contribution in [0.15, 0.2) is 18.2 Å². The molecule has 0 radical (unpaired) electrons. The van der Waals surface area contributed by atoms with Gasteiger partial charge in [0.25, 0.3) is 0 Å². The molecule has 3 nitrogen and oxygen atoms in total. The smallest absolute Gasteiger partial charge is 0.117 e. The van der Waals surface area contributed by atoms with Crippen molar-refractivity contribution in [2.24, 2.45) is 0 Å². The number of hydrogen-bond acceptors (Lipinski definition) is 3. The van der Waals surface area contributed by atoms with Crippen molar-refractivity contribution in [3.63, 3.8) is 0 Å². The first-order chi connectivity index (χ1) is 6.68. The zero-order chi connectivity index (χ0) is 10.1. The molecule has 1 aliphatic rings. The summed E-state index contributed by atoms with van der Waals surface area (Å²) in [5, 5.41) is 12.8. The van der Waals surface area contributed by atoms with Crippen LogP contribution in [0.25, 0.3) is 0 Å². The quantitative estimate of drug-likeness (QED) is 0.668. The molecule has 0 aromatic heterocycles. The molecular formula is C11H16N2O. The van der Waals surface area contributed by atoms with E-state index in [0.717, 1.165) is 24.5 Å². The molecule has 3 heteroatoms. The monoisotopic (exact) mass is 192 g/mol. The second-order valence-corrected chi connectivity index (χ2v) is 3.92. The summed E-state index contributed by atoms with van der Waals surface area (Å²) in [7, 11) is 0. The average molecular weight is 192 g/mol. The fraction of sp³-hybridized carbons (Fsp3) is 0.455. The molecule has 0 amide bonds. The van der Waals surface area contributed by atoms with Gasteiger partial charge in [0.05, 0.1) is 11.4 Å². The van der Waals surface area contributed by atoms with Crippen molar-refractivity contribution < 1.29 is 5.11 Å². The minimum atomic E-state index is 0.332. The van der Waals surface area contributed by atoms with E-state index >= 15 is 0 Å². The van der Waals surface area contributed by atoms with E-state index in [0.29, 0.717) is 11.8 Å². The molecule has 1 aromatic rings. The lowest BCUT2D eigenvalue weighted by atomic mass is 10.1. The van der Waals surface area contributed by atoms with E-state index in [9.17, 15) is 5.11 Å². The molecule has 76 valence electrons. The summed E-state index contributed by atoms with van der Waals surface area (Å²) in [6.45, 7) is 6.29. The summed E-state index contributed by atoms with van der Waals surface area (Å²) in [6, 6.07) is 5.94. The molecule has 2 N–H and O–H groups in total. The third kappa shape index (κ3) is 1.50. The maximum atomic E-state index is 9.43. The lowest BCUT2D eigenvalue weighted by molar-refractivity contribution is 0.475. The molecule has 0 aliphatic carbocycles. The highest BCUT2D eigenvalue weighted by Crippen LogP contribution is 2.33. The van der Waals surface area contributed by atoms with Crippen LogP contribution >= 0.6 is 0 Å². The molecule has 0 spiro atoms. The fourth-order valence-electron chi connectivity index (χ4n) is 1.87. The zero-order valence-corrected chi connectivity index (χ0v) is 8.62. The van der Waals surface area contributed by atoms with Crippen molar-refractivity contribution in [1.29, 1.82) is 0 Å². The van der Waals surface area contributed by atoms with E-state index in [2.05, 4.69) is 24.1 Å². The Bertz CT molecular complexity index is 336. The van der Waals surface area contributed by atoms with Gasteiger partial charge in [0, 0.05) is 25.2 Å². The van der Waals surface area contributed by atoms with Gasteiger partial charge in [-0.05, 0) is 26.0 Å². The van der Waals surface area contributed by atoms with Gasteiger partial charge in [0.1, 0.15) is 5.75 Å². The number of benzene rings is 1. The number of nitrogens with one attached hydrogen (secondary N) is 1. The van der Waals surface area contributed by atoms with Crippen molar-refractivity contribution in [2.45, 2.75) is 19.9 Å². The maximum absolute atomic E-state index is 9.43. The van der Waals surface area contributed by atoms with Crippen LogP contribution in [0.1, 0.15) is 13.8 Å². The predicted molar refractivity (Wildman–Crippen MR) is 59.1 cm³/mol. The number of phenols is 1. The Morgan fingerprint density at radius 1 is 1.43 bits per heavy atom. The van der Waals surface area contributed by atoms with E-state index in [-0.39, 0.29) is 0 Å². The number of aromatic hydroxyl groups is 1. The minimum Gasteiger partial charge on any atom is -0.508 e. The number of anilines is 2. The third-order valence-electron chi connectivity index (χ3n) is 2.58. The second-order valence-electron chi connectivity index (χ2n) is 3.92. The number of fused-ring (bicyclic) bond motifs is 1. The van der Waals surface area contributed by atoms with Crippen LogP contribution in [0.5, 0.6) is 5.75 Å². The largest absolute Gasteiger partial charge is 0.508 e. The molecule has 0 bridgehead atoms. The second kappa shape index (κ2) is 3.40. The zero-order valence-electron chi connectivity index (χ0n) is 8.62. The summed E-state index contributed by atoms with van der Waals surface area (Å²) in [5.74, 6) is 0.332. The van der Waals surface area contributed by atoms with Gasteiger partial charge < -0.3 is 15.3 Å². The van der Waals surface area contributed by atoms with Crippen LogP contribution in [0.3, 0.4) is 0 Å².